The van der Waals surface area contributed by atoms with E-state index in [9.17, 15) is 0 Å². The van der Waals surface area contributed by atoms with Crippen LogP contribution in [0.3, 0.4) is 0 Å². The molecule has 0 fully saturated rings. The summed E-state index contributed by atoms with van der Waals surface area (Å²) < 4.78 is 10.5. The smallest absolute Gasteiger partial charge is 0.283 e. The van der Waals surface area contributed by atoms with Gasteiger partial charge in [-0.25, -0.2) is 0 Å². The molecule has 2 nitrogen and oxygen atoms in total. The Balaban J connectivity index is 3.45. The van der Waals surface area contributed by atoms with Gasteiger partial charge < -0.3 is 8.23 Å². The molecule has 0 aromatic heterocycles. The van der Waals surface area contributed by atoms with Crippen LogP contribution in [0.15, 0.2) is 12.3 Å². The standard InChI is InChI=1S/C4H14O2Si3/c1-4-9(2,3)6-8-5-7/h4H,1,8H2,2-3,7H3. The van der Waals surface area contributed by atoms with Crippen LogP contribution in [-0.2, 0) is 8.23 Å². The summed E-state index contributed by atoms with van der Waals surface area (Å²) >= 11 is 0. The first-order valence-corrected chi connectivity index (χ1v) is 7.84. The molecule has 0 radical (unpaired) electrons. The molecule has 0 bridgehead atoms. The van der Waals surface area contributed by atoms with Gasteiger partial charge in [-0.3, -0.25) is 0 Å². The van der Waals surface area contributed by atoms with E-state index in [1.807, 2.05) is 5.70 Å². The minimum Gasteiger partial charge on any atom is -0.449 e. The van der Waals surface area contributed by atoms with E-state index in [4.69, 9.17) is 8.23 Å². The van der Waals surface area contributed by atoms with Gasteiger partial charge in [0.1, 0.15) is 10.5 Å². The lowest BCUT2D eigenvalue weighted by atomic mass is 11.3. The Morgan fingerprint density at radius 1 is 1.67 bits per heavy atom. The van der Waals surface area contributed by atoms with E-state index in [2.05, 4.69) is 19.7 Å². The zero-order valence-corrected chi connectivity index (χ0v) is 10.7. The zero-order valence-electron chi connectivity index (χ0n) is 6.31. The third-order valence-electron chi connectivity index (χ3n) is 1.04. The highest BCUT2D eigenvalue weighted by Crippen LogP contribution is 2.02. The van der Waals surface area contributed by atoms with Gasteiger partial charge in [0.15, 0.2) is 8.32 Å². The normalized spacial score (nSPS) is 13.1. The topological polar surface area (TPSA) is 18.5 Å². The monoisotopic (exact) mass is 178 g/mol. The highest BCUT2D eigenvalue weighted by atomic mass is 28.4. The molecular formula is C4H14O2Si3. The highest BCUT2D eigenvalue weighted by molar-refractivity contribution is 6.79. The van der Waals surface area contributed by atoms with Crippen molar-refractivity contribution in [1.29, 1.82) is 0 Å². The van der Waals surface area contributed by atoms with Crippen molar-refractivity contribution >= 4 is 28.8 Å². The Labute approximate surface area is 63.0 Å². The second-order valence-electron chi connectivity index (χ2n) is 2.36. The van der Waals surface area contributed by atoms with E-state index in [0.29, 0.717) is 0 Å². The lowest BCUT2D eigenvalue weighted by Gasteiger charge is -2.17. The molecule has 0 aromatic rings. The molecule has 0 aliphatic rings. The summed E-state index contributed by atoms with van der Waals surface area (Å²) in [5.74, 6) is 0. The van der Waals surface area contributed by atoms with Gasteiger partial charge in [-0.1, -0.05) is 5.70 Å². The van der Waals surface area contributed by atoms with Crippen molar-refractivity contribution in [2.24, 2.45) is 0 Å². The largest absolute Gasteiger partial charge is 0.449 e. The Bertz CT molecular complexity index is 93.8. The molecule has 0 aromatic carbocycles. The first-order valence-electron chi connectivity index (χ1n) is 2.89. The van der Waals surface area contributed by atoms with E-state index >= 15 is 0 Å². The number of rotatable bonds is 4. The molecule has 0 atom stereocenters. The molecule has 0 rings (SSSR count). The van der Waals surface area contributed by atoms with E-state index < -0.39 is 18.3 Å². The summed E-state index contributed by atoms with van der Waals surface area (Å²) in [5.41, 5.74) is 1.93. The maximum absolute atomic E-state index is 5.50. The molecule has 0 amide bonds. The Morgan fingerprint density at radius 3 is 2.56 bits per heavy atom. The fraction of sp³-hybridized carbons (Fsp3) is 0.500. The van der Waals surface area contributed by atoms with Crippen molar-refractivity contribution in [2.75, 3.05) is 0 Å². The van der Waals surface area contributed by atoms with E-state index in [-0.39, 0.29) is 0 Å². The fourth-order valence-corrected chi connectivity index (χ4v) is 3.49. The maximum Gasteiger partial charge on any atom is 0.283 e. The number of hydrogen-bond donors (Lipinski definition) is 0. The summed E-state index contributed by atoms with van der Waals surface area (Å²) in [7, 11) is -1.31. The van der Waals surface area contributed by atoms with Crippen LogP contribution in [0.4, 0.5) is 0 Å². The van der Waals surface area contributed by atoms with Crippen LogP contribution in [0, 0.1) is 0 Å². The number of hydrogen-bond acceptors (Lipinski definition) is 2. The Morgan fingerprint density at radius 2 is 2.22 bits per heavy atom. The SMILES string of the molecule is C=C[Si](C)(C)O[SiH2]O[SiH3]. The van der Waals surface area contributed by atoms with Crippen LogP contribution < -0.4 is 0 Å². The molecule has 0 aliphatic heterocycles. The quantitative estimate of drug-likeness (QED) is 0.527. The summed E-state index contributed by atoms with van der Waals surface area (Å²) in [6.45, 7) is 7.94. The maximum atomic E-state index is 5.50. The minimum atomic E-state index is -1.48. The first-order chi connectivity index (χ1) is 4.12. The average Bonchev–Trinajstić information content (AvgIpc) is 1.84. The van der Waals surface area contributed by atoms with Crippen molar-refractivity contribution in [3.63, 3.8) is 0 Å². The van der Waals surface area contributed by atoms with E-state index in [1.54, 1.807) is 0 Å². The van der Waals surface area contributed by atoms with Crippen molar-refractivity contribution in [3.8, 4) is 0 Å². The zero-order chi connectivity index (χ0) is 7.33. The van der Waals surface area contributed by atoms with Gasteiger partial charge in [0.25, 0.3) is 10.0 Å². The molecule has 0 N–H and O–H groups in total. The van der Waals surface area contributed by atoms with Crippen LogP contribution in [0.1, 0.15) is 0 Å². The van der Waals surface area contributed by atoms with Crippen LogP contribution in [-0.4, -0.2) is 28.8 Å². The van der Waals surface area contributed by atoms with Crippen molar-refractivity contribution < 1.29 is 8.23 Å². The first kappa shape index (κ1) is 9.31. The molecule has 0 spiro atoms. The predicted octanol–water partition coefficient (Wildman–Crippen LogP) is -0.771. The summed E-state index contributed by atoms with van der Waals surface area (Å²) in [4.78, 5) is 0. The van der Waals surface area contributed by atoms with E-state index in [0.717, 1.165) is 10.5 Å². The summed E-state index contributed by atoms with van der Waals surface area (Å²) in [6.07, 6.45) is 0. The minimum absolute atomic E-state index is 0.641. The molecule has 9 heavy (non-hydrogen) atoms. The van der Waals surface area contributed by atoms with Crippen LogP contribution in [0.5, 0.6) is 0 Å². The fourth-order valence-electron chi connectivity index (χ4n) is 0.270. The van der Waals surface area contributed by atoms with Crippen LogP contribution in [0.2, 0.25) is 13.1 Å². The molecule has 54 valence electrons. The highest BCUT2D eigenvalue weighted by Gasteiger charge is 2.15. The second kappa shape index (κ2) is 4.18. The lowest BCUT2D eigenvalue weighted by Crippen LogP contribution is -2.30. The van der Waals surface area contributed by atoms with Crippen molar-refractivity contribution in [2.45, 2.75) is 13.1 Å². The lowest BCUT2D eigenvalue weighted by molar-refractivity contribution is 0.485. The van der Waals surface area contributed by atoms with Crippen molar-refractivity contribution in [1.82, 2.24) is 0 Å². The summed E-state index contributed by atoms with van der Waals surface area (Å²) in [6, 6.07) is 0. The second-order valence-corrected chi connectivity index (χ2v) is 9.67. The molecule has 0 heterocycles. The van der Waals surface area contributed by atoms with Gasteiger partial charge in [0.2, 0.25) is 0 Å². The molecule has 0 unspecified atom stereocenters. The average molecular weight is 178 g/mol. The molecule has 5 heteroatoms. The molecule has 0 aliphatic carbocycles. The van der Waals surface area contributed by atoms with Gasteiger partial charge in [0.05, 0.1) is 0 Å². The van der Waals surface area contributed by atoms with Crippen LogP contribution >= 0.6 is 0 Å². The van der Waals surface area contributed by atoms with Gasteiger partial charge in [0, 0.05) is 0 Å². The van der Waals surface area contributed by atoms with Gasteiger partial charge in [-0.05, 0) is 13.1 Å². The third kappa shape index (κ3) is 4.79. The molecular weight excluding hydrogens is 164 g/mol. The predicted molar refractivity (Wildman–Crippen MR) is 48.3 cm³/mol. The Kier molecular flexibility index (Phi) is 4.32. The van der Waals surface area contributed by atoms with Crippen molar-refractivity contribution in [3.05, 3.63) is 12.3 Å². The summed E-state index contributed by atoms with van der Waals surface area (Å²) in [5, 5.41) is 0. The van der Waals surface area contributed by atoms with E-state index in [1.165, 1.54) is 0 Å². The third-order valence-corrected chi connectivity index (χ3v) is 6.41. The molecule has 0 saturated carbocycles. The van der Waals surface area contributed by atoms with Gasteiger partial charge in [-0.15, -0.1) is 6.58 Å². The van der Waals surface area contributed by atoms with Gasteiger partial charge >= 0.3 is 0 Å². The molecule has 0 saturated heterocycles. The Hall–Kier alpha value is 0.311. The van der Waals surface area contributed by atoms with Crippen LogP contribution in [0.25, 0.3) is 0 Å². The van der Waals surface area contributed by atoms with Gasteiger partial charge in [-0.2, -0.15) is 0 Å².